The van der Waals surface area contributed by atoms with Crippen LogP contribution in [0.1, 0.15) is 34.2 Å². The minimum Gasteiger partial charge on any atom is -0.490 e. The Labute approximate surface area is 225 Å². The van der Waals surface area contributed by atoms with Gasteiger partial charge in [0.2, 0.25) is 5.76 Å². The first-order valence-electron chi connectivity index (χ1n) is 11.4. The molecule has 0 aliphatic heterocycles. The molecule has 2 aromatic carbocycles. The molecule has 0 bridgehead atoms. The van der Waals surface area contributed by atoms with Gasteiger partial charge in [0.1, 0.15) is 24.7 Å². The van der Waals surface area contributed by atoms with Crippen LogP contribution in [-0.2, 0) is 10.0 Å². The molecule has 4 rings (SSSR count). The number of nitrogens with zero attached hydrogens (tertiary/aromatic N) is 1. The number of hydrogen-bond donors (Lipinski definition) is 0. The number of halogens is 2. The lowest BCUT2D eigenvalue weighted by atomic mass is 10.1. The minimum absolute atomic E-state index is 0.0512. The second-order valence-corrected chi connectivity index (χ2v) is 11.2. The molecule has 0 saturated carbocycles. The Morgan fingerprint density at radius 2 is 1.57 bits per heavy atom. The second-order valence-electron chi connectivity index (χ2n) is 8.55. The van der Waals surface area contributed by atoms with Gasteiger partial charge in [0.05, 0.1) is 9.92 Å². The zero-order chi connectivity index (χ0) is 26.9. The highest BCUT2D eigenvalue weighted by Crippen LogP contribution is 2.37. The smallest absolute Gasteiger partial charge is 0.268 e. The summed E-state index contributed by atoms with van der Waals surface area (Å²) in [6.45, 7) is 7.28. The third-order valence-corrected chi connectivity index (χ3v) is 8.24. The van der Waals surface area contributed by atoms with Crippen molar-refractivity contribution in [3.8, 4) is 23.0 Å². The summed E-state index contributed by atoms with van der Waals surface area (Å²) < 4.78 is 45.0. The molecule has 37 heavy (non-hydrogen) atoms. The number of rotatable bonds is 9. The van der Waals surface area contributed by atoms with Crippen molar-refractivity contribution < 1.29 is 27.1 Å². The van der Waals surface area contributed by atoms with Gasteiger partial charge >= 0.3 is 0 Å². The molecule has 2 aromatic heterocycles. The number of carbonyl (C=O) groups excluding carboxylic acids is 1. The van der Waals surface area contributed by atoms with E-state index in [2.05, 4.69) is 0 Å². The third kappa shape index (κ3) is 5.56. The van der Waals surface area contributed by atoms with Crippen molar-refractivity contribution in [3.05, 3.63) is 87.2 Å². The van der Waals surface area contributed by atoms with Crippen LogP contribution in [-0.4, -0.2) is 31.4 Å². The molecule has 0 amide bonds. The van der Waals surface area contributed by atoms with Gasteiger partial charge in [-0.05, 0) is 62.2 Å². The van der Waals surface area contributed by atoms with Crippen molar-refractivity contribution in [2.45, 2.75) is 32.6 Å². The molecule has 0 aliphatic rings. The molecule has 7 nitrogen and oxygen atoms in total. The first kappa shape index (κ1) is 26.9. The Hall–Kier alpha value is -3.20. The zero-order valence-electron chi connectivity index (χ0n) is 20.7. The minimum atomic E-state index is -3.98. The molecule has 0 atom stereocenters. The van der Waals surface area contributed by atoms with E-state index < -0.39 is 10.0 Å². The number of ether oxygens (including phenoxy) is 2. The number of Topliss-reactive ketones (excluding diaryl/α,β-unsaturated/α-hetero) is 1. The molecule has 0 aliphatic carbocycles. The van der Waals surface area contributed by atoms with E-state index in [-0.39, 0.29) is 51.9 Å². The first-order valence-corrected chi connectivity index (χ1v) is 13.5. The summed E-state index contributed by atoms with van der Waals surface area (Å²) in [6.07, 6.45) is 1.34. The Morgan fingerprint density at radius 3 is 2.19 bits per heavy atom. The van der Waals surface area contributed by atoms with E-state index in [0.717, 1.165) is 20.7 Å². The lowest BCUT2D eigenvalue weighted by Gasteiger charge is -2.10. The second kappa shape index (κ2) is 10.7. The Balaban J connectivity index is 1.58. The van der Waals surface area contributed by atoms with Crippen LogP contribution in [0.2, 0.25) is 10.0 Å². The Kier molecular flexibility index (Phi) is 7.73. The molecule has 4 aromatic rings. The maximum absolute atomic E-state index is 13.3. The molecule has 0 unspecified atom stereocenters. The number of carbonyl (C=O) groups is 1. The lowest BCUT2D eigenvalue weighted by molar-refractivity contribution is 0.0980. The maximum atomic E-state index is 13.3. The van der Waals surface area contributed by atoms with Crippen molar-refractivity contribution >= 4 is 39.0 Å². The van der Waals surface area contributed by atoms with Crippen LogP contribution in [0, 0.1) is 20.8 Å². The van der Waals surface area contributed by atoms with Crippen LogP contribution in [0.4, 0.5) is 0 Å². The maximum Gasteiger partial charge on any atom is 0.268 e. The molecular weight excluding hydrogens is 537 g/mol. The zero-order valence-corrected chi connectivity index (χ0v) is 23.0. The van der Waals surface area contributed by atoms with E-state index in [4.69, 9.17) is 37.1 Å². The predicted octanol–water partition coefficient (Wildman–Crippen LogP) is 6.88. The van der Waals surface area contributed by atoms with Gasteiger partial charge in [0.25, 0.3) is 10.0 Å². The van der Waals surface area contributed by atoms with E-state index in [1.54, 1.807) is 12.1 Å². The average Bonchev–Trinajstić information content (AvgIpc) is 3.44. The molecule has 0 N–H and O–H groups in total. The van der Waals surface area contributed by atoms with E-state index in [1.807, 2.05) is 32.9 Å². The van der Waals surface area contributed by atoms with Crippen LogP contribution in [0.5, 0.6) is 11.5 Å². The van der Waals surface area contributed by atoms with E-state index in [0.29, 0.717) is 10.8 Å². The van der Waals surface area contributed by atoms with Gasteiger partial charge in [0, 0.05) is 24.2 Å². The summed E-state index contributed by atoms with van der Waals surface area (Å²) in [5, 5.41) is 0.830. The fourth-order valence-corrected chi connectivity index (χ4v) is 5.54. The summed E-state index contributed by atoms with van der Waals surface area (Å²) in [6, 6.07) is 13.0. The lowest BCUT2D eigenvalue weighted by Crippen LogP contribution is -2.13. The normalized spacial score (nSPS) is 11.5. The molecule has 10 heteroatoms. The number of benzene rings is 2. The number of ketones is 1. The van der Waals surface area contributed by atoms with Crippen LogP contribution in [0.25, 0.3) is 11.5 Å². The average molecular weight is 562 g/mol. The van der Waals surface area contributed by atoms with E-state index in [9.17, 15) is 13.2 Å². The summed E-state index contributed by atoms with van der Waals surface area (Å²) in [5.41, 5.74) is 2.81. The van der Waals surface area contributed by atoms with Gasteiger partial charge in [0.15, 0.2) is 17.3 Å². The third-order valence-electron chi connectivity index (χ3n) is 5.65. The van der Waals surface area contributed by atoms with Gasteiger partial charge in [-0.2, -0.15) is 0 Å². The molecule has 194 valence electrons. The first-order chi connectivity index (χ1) is 17.5. The van der Waals surface area contributed by atoms with E-state index >= 15 is 0 Å². The number of aryl methyl sites for hydroxylation is 3. The quantitative estimate of drug-likeness (QED) is 0.163. The van der Waals surface area contributed by atoms with Crippen LogP contribution in [0.15, 0.2) is 64.0 Å². The number of hydrogen-bond acceptors (Lipinski definition) is 6. The van der Waals surface area contributed by atoms with Crippen LogP contribution >= 0.6 is 23.2 Å². The van der Waals surface area contributed by atoms with Crippen molar-refractivity contribution in [3.63, 3.8) is 0 Å². The van der Waals surface area contributed by atoms with Crippen LogP contribution < -0.4 is 9.47 Å². The summed E-state index contributed by atoms with van der Waals surface area (Å²) in [5.74, 6) is 0.446. The Bertz CT molecular complexity index is 1550. The molecule has 0 spiro atoms. The largest absolute Gasteiger partial charge is 0.490 e. The van der Waals surface area contributed by atoms with Crippen LogP contribution in [0.3, 0.4) is 0 Å². The molecule has 0 saturated heterocycles. The van der Waals surface area contributed by atoms with Gasteiger partial charge in [-0.25, -0.2) is 12.4 Å². The number of furan rings is 1. The van der Waals surface area contributed by atoms with Gasteiger partial charge in [-0.3, -0.25) is 4.79 Å². The summed E-state index contributed by atoms with van der Waals surface area (Å²) >= 11 is 12.6. The standard InChI is InChI=1S/C27H25Cl2NO6S/c1-16-5-7-21(8-6-16)37(32,33)30-10-9-22(28)26(30)23-15-24(27(36-23)19(4)31)35-12-11-34-20-13-17(2)25(29)18(3)14-20/h5-10,13-15H,11-12H2,1-4H3. The highest BCUT2D eigenvalue weighted by molar-refractivity contribution is 7.90. The summed E-state index contributed by atoms with van der Waals surface area (Å²) in [7, 11) is -3.98. The molecule has 2 heterocycles. The summed E-state index contributed by atoms with van der Waals surface area (Å²) in [4.78, 5) is 12.3. The SMILES string of the molecule is CC(=O)c1oc(-c2c(Cl)ccn2S(=O)(=O)c2ccc(C)cc2)cc1OCCOc1cc(C)c(Cl)c(C)c1. The van der Waals surface area contributed by atoms with Gasteiger partial charge in [-0.15, -0.1) is 0 Å². The van der Waals surface area contributed by atoms with Gasteiger partial charge in [-0.1, -0.05) is 40.9 Å². The van der Waals surface area contributed by atoms with Crippen molar-refractivity contribution in [1.29, 1.82) is 0 Å². The molecule has 0 fully saturated rings. The highest BCUT2D eigenvalue weighted by Gasteiger charge is 2.27. The monoisotopic (exact) mass is 561 g/mol. The van der Waals surface area contributed by atoms with Gasteiger partial charge < -0.3 is 13.9 Å². The Morgan fingerprint density at radius 1 is 0.946 bits per heavy atom. The van der Waals surface area contributed by atoms with Crippen molar-refractivity contribution in [2.75, 3.05) is 13.2 Å². The predicted molar refractivity (Wildman–Crippen MR) is 143 cm³/mol. The molecular formula is C27H25Cl2NO6S. The molecule has 0 radical (unpaired) electrons. The fraction of sp³-hybridized carbons (Fsp3) is 0.222. The highest BCUT2D eigenvalue weighted by atomic mass is 35.5. The van der Waals surface area contributed by atoms with Crippen molar-refractivity contribution in [2.24, 2.45) is 0 Å². The fourth-order valence-electron chi connectivity index (χ4n) is 3.79. The topological polar surface area (TPSA) is 87.7 Å². The van der Waals surface area contributed by atoms with Crippen molar-refractivity contribution in [1.82, 2.24) is 3.97 Å². The number of aromatic nitrogens is 1. The van der Waals surface area contributed by atoms with E-state index in [1.165, 1.54) is 37.4 Å².